The van der Waals surface area contributed by atoms with Gasteiger partial charge in [0.1, 0.15) is 6.04 Å². The molecule has 0 saturated heterocycles. The maximum absolute atomic E-state index is 11.8. The fourth-order valence-corrected chi connectivity index (χ4v) is 1.80. The van der Waals surface area contributed by atoms with Crippen LogP contribution < -0.4 is 5.32 Å². The van der Waals surface area contributed by atoms with Crippen molar-refractivity contribution < 1.29 is 23.9 Å². The van der Waals surface area contributed by atoms with Crippen LogP contribution in [0.15, 0.2) is 30.3 Å². The van der Waals surface area contributed by atoms with Gasteiger partial charge in [0.25, 0.3) is 5.91 Å². The summed E-state index contributed by atoms with van der Waals surface area (Å²) in [5.74, 6) is -1.73. The fraction of sp³-hybridized carbons (Fsp3) is 0.438. The largest absolute Gasteiger partial charge is 0.467 e. The van der Waals surface area contributed by atoms with Crippen LogP contribution in [0.25, 0.3) is 0 Å². The number of ether oxygens (including phenoxy) is 2. The van der Waals surface area contributed by atoms with Gasteiger partial charge in [-0.25, -0.2) is 9.59 Å². The molecule has 0 aliphatic heterocycles. The minimum Gasteiger partial charge on any atom is -0.467 e. The molecule has 1 aromatic carbocycles. The molecule has 22 heavy (non-hydrogen) atoms. The van der Waals surface area contributed by atoms with E-state index in [0.29, 0.717) is 12.0 Å². The highest BCUT2D eigenvalue weighted by Gasteiger charge is 2.26. The molecule has 1 aromatic rings. The number of amides is 1. The first kappa shape index (κ1) is 17.7. The minimum atomic E-state index is -0.752. The topological polar surface area (TPSA) is 81.7 Å². The van der Waals surface area contributed by atoms with Crippen molar-refractivity contribution in [3.63, 3.8) is 0 Å². The smallest absolute Gasteiger partial charge is 0.338 e. The van der Waals surface area contributed by atoms with E-state index >= 15 is 0 Å². The second-order valence-electron chi connectivity index (χ2n) is 4.90. The van der Waals surface area contributed by atoms with Crippen LogP contribution in [0.5, 0.6) is 0 Å². The standard InChI is InChI=1S/C16H21NO5/c1-4-11(2)14(16(20)21-3)17-13(18)10-22-15(19)12-8-6-5-7-9-12/h5-9,11,14H,4,10H2,1-3H3,(H,17,18)/t11-,14+/m0/s1. The first-order valence-corrected chi connectivity index (χ1v) is 7.09. The van der Waals surface area contributed by atoms with Crippen LogP contribution in [0.2, 0.25) is 0 Å². The Morgan fingerprint density at radius 1 is 1.18 bits per heavy atom. The van der Waals surface area contributed by atoms with Gasteiger partial charge in [0.15, 0.2) is 6.61 Å². The Labute approximate surface area is 129 Å². The zero-order chi connectivity index (χ0) is 16.5. The van der Waals surface area contributed by atoms with Gasteiger partial charge >= 0.3 is 11.9 Å². The number of hydrogen-bond acceptors (Lipinski definition) is 5. The van der Waals surface area contributed by atoms with E-state index in [4.69, 9.17) is 4.74 Å². The van der Waals surface area contributed by atoms with Crippen molar-refractivity contribution in [3.8, 4) is 0 Å². The van der Waals surface area contributed by atoms with Crippen molar-refractivity contribution in [2.75, 3.05) is 13.7 Å². The SMILES string of the molecule is CC[C@H](C)[C@@H](NC(=O)COC(=O)c1ccccc1)C(=O)OC. The van der Waals surface area contributed by atoms with E-state index < -0.39 is 30.5 Å². The van der Waals surface area contributed by atoms with Crippen molar-refractivity contribution >= 4 is 17.8 Å². The lowest BCUT2D eigenvalue weighted by molar-refractivity contribution is -0.147. The van der Waals surface area contributed by atoms with Gasteiger partial charge in [-0.1, -0.05) is 38.5 Å². The maximum atomic E-state index is 11.8. The maximum Gasteiger partial charge on any atom is 0.338 e. The van der Waals surface area contributed by atoms with Gasteiger partial charge in [-0.2, -0.15) is 0 Å². The lowest BCUT2D eigenvalue weighted by atomic mass is 9.99. The van der Waals surface area contributed by atoms with E-state index in [1.54, 1.807) is 30.3 Å². The Balaban J connectivity index is 2.54. The molecule has 6 heteroatoms. The number of nitrogens with one attached hydrogen (secondary N) is 1. The highest BCUT2D eigenvalue weighted by atomic mass is 16.5. The Morgan fingerprint density at radius 2 is 1.82 bits per heavy atom. The monoisotopic (exact) mass is 307 g/mol. The van der Waals surface area contributed by atoms with Crippen LogP contribution in [0.3, 0.4) is 0 Å². The van der Waals surface area contributed by atoms with Gasteiger partial charge < -0.3 is 14.8 Å². The van der Waals surface area contributed by atoms with Crippen LogP contribution in [-0.2, 0) is 19.1 Å². The number of rotatable bonds is 7. The van der Waals surface area contributed by atoms with E-state index in [9.17, 15) is 14.4 Å². The third-order valence-corrected chi connectivity index (χ3v) is 3.33. The van der Waals surface area contributed by atoms with E-state index in [1.807, 2.05) is 13.8 Å². The molecule has 1 N–H and O–H groups in total. The van der Waals surface area contributed by atoms with E-state index in [2.05, 4.69) is 10.1 Å². The van der Waals surface area contributed by atoms with Crippen LogP contribution in [0.1, 0.15) is 30.6 Å². The highest BCUT2D eigenvalue weighted by molar-refractivity contribution is 5.92. The zero-order valence-electron chi connectivity index (χ0n) is 13.0. The molecule has 0 spiro atoms. The number of benzene rings is 1. The van der Waals surface area contributed by atoms with Gasteiger partial charge in [-0.15, -0.1) is 0 Å². The third kappa shape index (κ3) is 5.20. The molecule has 0 unspecified atom stereocenters. The molecule has 2 atom stereocenters. The van der Waals surface area contributed by atoms with Crippen LogP contribution >= 0.6 is 0 Å². The van der Waals surface area contributed by atoms with Crippen molar-refractivity contribution in [2.24, 2.45) is 5.92 Å². The first-order valence-electron chi connectivity index (χ1n) is 7.09. The molecule has 1 rings (SSSR count). The van der Waals surface area contributed by atoms with Crippen molar-refractivity contribution in [2.45, 2.75) is 26.3 Å². The van der Waals surface area contributed by atoms with Gasteiger partial charge in [-0.05, 0) is 18.1 Å². The molecule has 120 valence electrons. The second kappa shape index (κ2) is 8.81. The number of carbonyl (C=O) groups excluding carboxylic acids is 3. The Hall–Kier alpha value is -2.37. The van der Waals surface area contributed by atoms with Crippen LogP contribution in [0.4, 0.5) is 0 Å². The predicted molar refractivity (Wildman–Crippen MR) is 80.1 cm³/mol. The lowest BCUT2D eigenvalue weighted by Crippen LogP contribution is -2.47. The second-order valence-corrected chi connectivity index (χ2v) is 4.90. The molecule has 1 amide bonds. The van der Waals surface area contributed by atoms with E-state index in [0.717, 1.165) is 0 Å². The minimum absolute atomic E-state index is 0.0822. The van der Waals surface area contributed by atoms with Gasteiger partial charge in [-0.3, -0.25) is 4.79 Å². The summed E-state index contributed by atoms with van der Waals surface area (Å²) in [6, 6.07) is 7.61. The molecule has 0 aliphatic carbocycles. The summed E-state index contributed by atoms with van der Waals surface area (Å²) in [6.07, 6.45) is 0.698. The summed E-state index contributed by atoms with van der Waals surface area (Å²) in [7, 11) is 1.26. The quantitative estimate of drug-likeness (QED) is 0.773. The summed E-state index contributed by atoms with van der Waals surface area (Å²) in [5, 5.41) is 2.53. The van der Waals surface area contributed by atoms with Gasteiger partial charge in [0.05, 0.1) is 12.7 Å². The molecule has 0 aromatic heterocycles. The number of hydrogen-bond donors (Lipinski definition) is 1. The summed E-state index contributed by atoms with van der Waals surface area (Å²) in [4.78, 5) is 35.2. The van der Waals surface area contributed by atoms with E-state index in [-0.39, 0.29) is 5.92 Å². The molecule has 0 saturated carbocycles. The molecule has 0 bridgehead atoms. The summed E-state index contributed by atoms with van der Waals surface area (Å²) in [5.41, 5.74) is 0.363. The molecule has 0 radical (unpaired) electrons. The van der Waals surface area contributed by atoms with Crippen molar-refractivity contribution in [3.05, 3.63) is 35.9 Å². The molecule has 0 fully saturated rings. The molecule has 6 nitrogen and oxygen atoms in total. The molecular weight excluding hydrogens is 286 g/mol. The van der Waals surface area contributed by atoms with Crippen molar-refractivity contribution in [1.29, 1.82) is 0 Å². The van der Waals surface area contributed by atoms with Crippen LogP contribution in [0, 0.1) is 5.92 Å². The average Bonchev–Trinajstić information content (AvgIpc) is 2.56. The highest BCUT2D eigenvalue weighted by Crippen LogP contribution is 2.09. The van der Waals surface area contributed by atoms with E-state index in [1.165, 1.54) is 7.11 Å². The normalized spacial score (nSPS) is 12.9. The molecular formula is C16H21NO5. The van der Waals surface area contributed by atoms with Crippen LogP contribution in [-0.4, -0.2) is 37.6 Å². The zero-order valence-corrected chi connectivity index (χ0v) is 13.0. The predicted octanol–water partition coefficient (Wildman–Crippen LogP) is 1.55. The fourth-order valence-electron chi connectivity index (χ4n) is 1.80. The number of esters is 2. The lowest BCUT2D eigenvalue weighted by Gasteiger charge is -2.21. The number of methoxy groups -OCH3 is 1. The third-order valence-electron chi connectivity index (χ3n) is 3.33. The van der Waals surface area contributed by atoms with Crippen molar-refractivity contribution in [1.82, 2.24) is 5.32 Å². The molecule has 0 aliphatic rings. The Morgan fingerprint density at radius 3 is 2.36 bits per heavy atom. The summed E-state index contributed by atoms with van der Waals surface area (Å²) < 4.78 is 9.58. The molecule has 0 heterocycles. The van der Waals surface area contributed by atoms with Gasteiger partial charge in [0.2, 0.25) is 0 Å². The first-order chi connectivity index (χ1) is 10.5. The number of carbonyl (C=O) groups is 3. The Bertz CT molecular complexity index is 515. The Kier molecular flexibility index (Phi) is 7.08. The summed E-state index contributed by atoms with van der Waals surface area (Å²) >= 11 is 0. The average molecular weight is 307 g/mol. The summed E-state index contributed by atoms with van der Waals surface area (Å²) in [6.45, 7) is 3.29. The van der Waals surface area contributed by atoms with Gasteiger partial charge in [0, 0.05) is 0 Å².